The van der Waals surface area contributed by atoms with E-state index in [0.717, 1.165) is 25.9 Å². The van der Waals surface area contributed by atoms with Crippen LogP contribution in [0, 0.1) is 11.3 Å². The first kappa shape index (κ1) is 16.4. The summed E-state index contributed by atoms with van der Waals surface area (Å²) in [7, 11) is 2.08. The summed E-state index contributed by atoms with van der Waals surface area (Å²) in [5.74, 6) is 0.0563. The molecule has 126 valence electrons. The maximum atomic E-state index is 12.5. The van der Waals surface area contributed by atoms with Gasteiger partial charge in [-0.2, -0.15) is 14.0 Å². The van der Waals surface area contributed by atoms with Crippen molar-refractivity contribution in [3.8, 4) is 11.8 Å². The Morgan fingerprint density at radius 3 is 2.79 bits per heavy atom. The zero-order chi connectivity index (χ0) is 17.1. The number of nitriles is 1. The molecule has 0 atom stereocenters. The maximum Gasteiger partial charge on any atom is 0.387 e. The van der Waals surface area contributed by atoms with Gasteiger partial charge in [0.2, 0.25) is 0 Å². The summed E-state index contributed by atoms with van der Waals surface area (Å²) in [6.45, 7) is -0.940. The fourth-order valence-electron chi connectivity index (χ4n) is 2.95. The van der Waals surface area contributed by atoms with E-state index in [0.29, 0.717) is 22.2 Å². The lowest BCUT2D eigenvalue weighted by Crippen LogP contribution is -2.36. The molecule has 1 aromatic carbocycles. The Kier molecular flexibility index (Phi) is 4.76. The Balaban J connectivity index is 1.97. The number of piperidine rings is 1. The third-order valence-corrected chi connectivity index (χ3v) is 4.25. The van der Waals surface area contributed by atoms with Crippen LogP contribution in [0.2, 0.25) is 0 Å². The number of benzene rings is 1. The monoisotopic (exact) mass is 332 g/mol. The first-order valence-electron chi connectivity index (χ1n) is 7.79. The highest BCUT2D eigenvalue weighted by Crippen LogP contribution is 2.31. The minimum absolute atomic E-state index is 0.0563. The number of alkyl halides is 2. The van der Waals surface area contributed by atoms with Crippen molar-refractivity contribution in [1.82, 2.24) is 9.88 Å². The first-order valence-corrected chi connectivity index (χ1v) is 7.79. The van der Waals surface area contributed by atoms with E-state index in [4.69, 9.17) is 0 Å². The number of fused-ring (bicyclic) bond motifs is 1. The van der Waals surface area contributed by atoms with Crippen LogP contribution in [-0.2, 0) is 0 Å². The topological polar surface area (TPSA) is 61.2 Å². The second-order valence-corrected chi connectivity index (χ2v) is 5.94. The second-order valence-electron chi connectivity index (χ2n) is 5.94. The number of likely N-dealkylation sites (tertiary alicyclic amines) is 1. The quantitative estimate of drug-likeness (QED) is 0.931. The Morgan fingerprint density at radius 2 is 2.12 bits per heavy atom. The average molecular weight is 332 g/mol. The number of halogens is 2. The Bertz CT molecular complexity index is 767. The minimum Gasteiger partial charge on any atom is -0.435 e. The molecule has 0 bridgehead atoms. The van der Waals surface area contributed by atoms with E-state index in [1.54, 1.807) is 6.07 Å². The molecule has 1 aliphatic heterocycles. The number of ether oxygens (including phenoxy) is 1. The van der Waals surface area contributed by atoms with Crippen molar-refractivity contribution in [3.63, 3.8) is 0 Å². The number of rotatable bonds is 4. The van der Waals surface area contributed by atoms with Crippen LogP contribution >= 0.6 is 0 Å². The fourth-order valence-corrected chi connectivity index (χ4v) is 2.95. The van der Waals surface area contributed by atoms with Gasteiger partial charge in [0.05, 0.1) is 16.8 Å². The van der Waals surface area contributed by atoms with Crippen LogP contribution in [0.25, 0.3) is 10.9 Å². The van der Waals surface area contributed by atoms with Crippen molar-refractivity contribution >= 4 is 16.6 Å². The largest absolute Gasteiger partial charge is 0.435 e. The molecule has 0 amide bonds. The molecule has 3 rings (SSSR count). The molecule has 0 saturated carbocycles. The van der Waals surface area contributed by atoms with Gasteiger partial charge in [0.15, 0.2) is 0 Å². The summed E-state index contributed by atoms with van der Waals surface area (Å²) in [5, 5.41) is 13.4. The zero-order valence-electron chi connectivity index (χ0n) is 13.3. The van der Waals surface area contributed by atoms with Crippen molar-refractivity contribution in [2.24, 2.45) is 0 Å². The molecule has 7 heteroatoms. The third-order valence-electron chi connectivity index (χ3n) is 4.25. The molecule has 0 radical (unpaired) electrons. The first-order chi connectivity index (χ1) is 11.6. The normalized spacial score (nSPS) is 16.3. The van der Waals surface area contributed by atoms with Crippen LogP contribution in [0.1, 0.15) is 18.4 Å². The number of pyridine rings is 1. The SMILES string of the molecule is CN1CCC(Nc2c(C#N)cnc3ccc(OC(F)F)cc23)CC1. The molecule has 1 saturated heterocycles. The molecule has 0 aliphatic carbocycles. The van der Waals surface area contributed by atoms with E-state index >= 15 is 0 Å². The van der Waals surface area contributed by atoms with E-state index in [9.17, 15) is 14.0 Å². The van der Waals surface area contributed by atoms with Gasteiger partial charge in [-0.1, -0.05) is 0 Å². The maximum absolute atomic E-state index is 12.5. The van der Waals surface area contributed by atoms with Crippen LogP contribution in [0.5, 0.6) is 5.75 Å². The standard InChI is InChI=1S/C17H18F2N4O/c1-23-6-4-12(5-7-23)22-16-11(9-20)10-21-15-3-2-13(8-14(15)16)24-17(18)19/h2-3,8,10,12,17H,4-7H2,1H3,(H,21,22). The molecule has 2 aromatic rings. The third kappa shape index (κ3) is 3.54. The summed E-state index contributed by atoms with van der Waals surface area (Å²) < 4.78 is 29.4. The van der Waals surface area contributed by atoms with Gasteiger partial charge in [0.1, 0.15) is 11.8 Å². The van der Waals surface area contributed by atoms with Gasteiger partial charge >= 0.3 is 6.61 Å². The predicted octanol–water partition coefficient (Wildman–Crippen LogP) is 3.21. The second kappa shape index (κ2) is 6.97. The molecule has 1 N–H and O–H groups in total. The van der Waals surface area contributed by atoms with Gasteiger partial charge in [0.25, 0.3) is 0 Å². The van der Waals surface area contributed by atoms with Crippen molar-refractivity contribution < 1.29 is 13.5 Å². The van der Waals surface area contributed by atoms with E-state index in [1.807, 2.05) is 0 Å². The number of hydrogen-bond acceptors (Lipinski definition) is 5. The van der Waals surface area contributed by atoms with Gasteiger partial charge in [0, 0.05) is 17.6 Å². The molecular formula is C17H18F2N4O. The van der Waals surface area contributed by atoms with Crippen molar-refractivity contribution in [2.75, 3.05) is 25.5 Å². The number of anilines is 1. The number of aromatic nitrogens is 1. The van der Waals surface area contributed by atoms with Crippen molar-refractivity contribution in [2.45, 2.75) is 25.5 Å². The van der Waals surface area contributed by atoms with E-state index in [-0.39, 0.29) is 11.8 Å². The molecular weight excluding hydrogens is 314 g/mol. The summed E-state index contributed by atoms with van der Waals surface area (Å²) in [4.78, 5) is 6.48. The lowest BCUT2D eigenvalue weighted by Gasteiger charge is -2.30. The van der Waals surface area contributed by atoms with E-state index in [1.165, 1.54) is 18.3 Å². The lowest BCUT2D eigenvalue weighted by molar-refractivity contribution is -0.0497. The van der Waals surface area contributed by atoms with Crippen LogP contribution in [0.3, 0.4) is 0 Å². The molecule has 1 aliphatic rings. The zero-order valence-corrected chi connectivity index (χ0v) is 13.3. The van der Waals surface area contributed by atoms with E-state index in [2.05, 4.69) is 33.1 Å². The van der Waals surface area contributed by atoms with Gasteiger partial charge in [-0.05, 0) is 51.2 Å². The molecule has 0 spiro atoms. The average Bonchev–Trinajstić information content (AvgIpc) is 2.56. The predicted molar refractivity (Wildman–Crippen MR) is 87.2 cm³/mol. The van der Waals surface area contributed by atoms with Crippen LogP contribution in [0.15, 0.2) is 24.4 Å². The van der Waals surface area contributed by atoms with E-state index < -0.39 is 6.61 Å². The summed E-state index contributed by atoms with van der Waals surface area (Å²) in [6, 6.07) is 6.93. The van der Waals surface area contributed by atoms with Crippen molar-refractivity contribution in [1.29, 1.82) is 5.26 Å². The molecule has 2 heterocycles. The number of nitrogens with one attached hydrogen (secondary N) is 1. The summed E-state index contributed by atoms with van der Waals surface area (Å²) in [6.07, 6.45) is 3.42. The smallest absolute Gasteiger partial charge is 0.387 e. The summed E-state index contributed by atoms with van der Waals surface area (Å²) >= 11 is 0. The number of nitrogens with zero attached hydrogens (tertiary/aromatic N) is 3. The molecule has 0 unspecified atom stereocenters. The highest BCUT2D eigenvalue weighted by Gasteiger charge is 2.19. The molecule has 24 heavy (non-hydrogen) atoms. The van der Waals surface area contributed by atoms with Gasteiger partial charge in [-0.25, -0.2) is 0 Å². The van der Waals surface area contributed by atoms with Crippen molar-refractivity contribution in [3.05, 3.63) is 30.0 Å². The van der Waals surface area contributed by atoms with Crippen LogP contribution in [0.4, 0.5) is 14.5 Å². The van der Waals surface area contributed by atoms with Crippen LogP contribution < -0.4 is 10.1 Å². The molecule has 1 aromatic heterocycles. The van der Waals surface area contributed by atoms with Gasteiger partial charge in [-0.3, -0.25) is 4.98 Å². The fraction of sp³-hybridized carbons (Fsp3) is 0.412. The molecule has 5 nitrogen and oxygen atoms in total. The molecule has 1 fully saturated rings. The lowest BCUT2D eigenvalue weighted by atomic mass is 10.0. The number of hydrogen-bond donors (Lipinski definition) is 1. The van der Waals surface area contributed by atoms with Gasteiger partial charge < -0.3 is 15.0 Å². The van der Waals surface area contributed by atoms with Crippen LogP contribution in [-0.4, -0.2) is 42.7 Å². The Hall–Kier alpha value is -2.46. The Labute approximate surface area is 138 Å². The minimum atomic E-state index is -2.89. The Morgan fingerprint density at radius 1 is 1.38 bits per heavy atom. The highest BCUT2D eigenvalue weighted by molar-refractivity contribution is 5.95. The van der Waals surface area contributed by atoms with Gasteiger partial charge in [-0.15, -0.1) is 0 Å². The highest BCUT2D eigenvalue weighted by atomic mass is 19.3. The summed E-state index contributed by atoms with van der Waals surface area (Å²) in [5.41, 5.74) is 1.67.